The lowest BCUT2D eigenvalue weighted by atomic mass is 9.85. The van der Waals surface area contributed by atoms with Crippen molar-refractivity contribution in [2.45, 2.75) is 38.6 Å². The highest BCUT2D eigenvalue weighted by Crippen LogP contribution is 2.27. The van der Waals surface area contributed by atoms with Crippen molar-refractivity contribution < 1.29 is 9.59 Å². The third-order valence-electron chi connectivity index (χ3n) is 3.43. The van der Waals surface area contributed by atoms with E-state index in [1.807, 2.05) is 11.9 Å². The summed E-state index contributed by atoms with van der Waals surface area (Å²) in [6, 6.07) is 0.366. The molecule has 1 aliphatic carbocycles. The van der Waals surface area contributed by atoms with Gasteiger partial charge in [-0.3, -0.25) is 9.59 Å². The van der Waals surface area contributed by atoms with Crippen LogP contribution in [-0.2, 0) is 9.59 Å². The lowest BCUT2D eigenvalue weighted by molar-refractivity contribution is -0.130. The van der Waals surface area contributed by atoms with E-state index in [-0.39, 0.29) is 17.6 Å². The second-order valence-corrected chi connectivity index (χ2v) is 5.78. The molecule has 1 aliphatic rings. The topological polar surface area (TPSA) is 63.4 Å². The van der Waals surface area contributed by atoms with E-state index in [1.165, 1.54) is 31.0 Å². The highest BCUT2D eigenvalue weighted by Gasteiger charge is 2.27. The van der Waals surface area contributed by atoms with Crippen molar-refractivity contribution in [1.82, 2.24) is 4.90 Å². The minimum Gasteiger partial charge on any atom is -0.369 e. The summed E-state index contributed by atoms with van der Waals surface area (Å²) in [6.45, 7) is 2.21. The average Bonchev–Trinajstić information content (AvgIpc) is 2.28. The van der Waals surface area contributed by atoms with E-state index < -0.39 is 0 Å². The fraction of sp³-hybridized carbons (Fsp3) is 0.833. The van der Waals surface area contributed by atoms with E-state index in [0.29, 0.717) is 17.7 Å². The largest absolute Gasteiger partial charge is 0.369 e. The molecule has 0 bridgehead atoms. The van der Waals surface area contributed by atoms with Crippen LogP contribution in [0.2, 0.25) is 0 Å². The molecule has 0 radical (unpaired) electrons. The summed E-state index contributed by atoms with van der Waals surface area (Å²) in [7, 11) is 1.87. The van der Waals surface area contributed by atoms with Crippen LogP contribution in [0.1, 0.15) is 32.6 Å². The number of primary amides is 1. The number of carbonyl (C=O) groups is 2. The first kappa shape index (κ1) is 14.4. The number of hydrogen-bond donors (Lipinski definition) is 1. The number of rotatable bonds is 5. The zero-order valence-corrected chi connectivity index (χ0v) is 11.5. The molecule has 0 aromatic rings. The molecular formula is C12H22N2O2S. The second kappa shape index (κ2) is 6.89. The summed E-state index contributed by atoms with van der Waals surface area (Å²) >= 11 is 1.30. The van der Waals surface area contributed by atoms with E-state index >= 15 is 0 Å². The molecule has 1 fully saturated rings. The van der Waals surface area contributed by atoms with Crippen molar-refractivity contribution >= 4 is 23.6 Å². The maximum Gasteiger partial charge on any atom is 0.232 e. The summed E-state index contributed by atoms with van der Waals surface area (Å²) in [5.41, 5.74) is 5.03. The van der Waals surface area contributed by atoms with E-state index in [9.17, 15) is 9.59 Å². The molecule has 0 heterocycles. The number of nitrogens with two attached hydrogens (primary N) is 1. The van der Waals surface area contributed by atoms with Crippen molar-refractivity contribution in [2.75, 3.05) is 18.6 Å². The smallest absolute Gasteiger partial charge is 0.232 e. The van der Waals surface area contributed by atoms with Gasteiger partial charge in [0.1, 0.15) is 0 Å². The first-order valence-electron chi connectivity index (χ1n) is 6.14. The molecular weight excluding hydrogens is 236 g/mol. The Balaban J connectivity index is 2.37. The van der Waals surface area contributed by atoms with Gasteiger partial charge in [0.25, 0.3) is 0 Å². The van der Waals surface area contributed by atoms with Crippen LogP contribution in [0.3, 0.4) is 0 Å². The SMILES string of the molecule is C[C@H]1CCCC[C@H]1N(C)C(=O)CSCC(N)=O. The van der Waals surface area contributed by atoms with Crippen molar-refractivity contribution in [3.8, 4) is 0 Å². The van der Waals surface area contributed by atoms with Gasteiger partial charge in [-0.1, -0.05) is 19.8 Å². The Hall–Kier alpha value is -0.710. The van der Waals surface area contributed by atoms with E-state index in [1.54, 1.807) is 0 Å². The Morgan fingerprint density at radius 2 is 1.94 bits per heavy atom. The maximum absolute atomic E-state index is 11.9. The lowest BCUT2D eigenvalue weighted by Gasteiger charge is -2.36. The van der Waals surface area contributed by atoms with Crippen molar-refractivity contribution in [1.29, 1.82) is 0 Å². The number of carbonyl (C=O) groups excluding carboxylic acids is 2. The summed E-state index contributed by atoms with van der Waals surface area (Å²) < 4.78 is 0. The van der Waals surface area contributed by atoms with Gasteiger partial charge in [0.2, 0.25) is 11.8 Å². The van der Waals surface area contributed by atoms with Crippen LogP contribution < -0.4 is 5.73 Å². The minimum atomic E-state index is -0.364. The monoisotopic (exact) mass is 258 g/mol. The van der Waals surface area contributed by atoms with Crippen molar-refractivity contribution in [3.05, 3.63) is 0 Å². The Morgan fingerprint density at radius 3 is 2.53 bits per heavy atom. The predicted octanol–water partition coefficient (Wildman–Crippen LogP) is 1.24. The van der Waals surface area contributed by atoms with Gasteiger partial charge in [-0.2, -0.15) is 0 Å². The first-order valence-corrected chi connectivity index (χ1v) is 7.29. The third kappa shape index (κ3) is 4.58. The summed E-state index contributed by atoms with van der Waals surface area (Å²) in [6.07, 6.45) is 4.79. The van der Waals surface area contributed by atoms with Crippen LogP contribution in [0.25, 0.3) is 0 Å². The van der Waals surface area contributed by atoms with E-state index in [4.69, 9.17) is 5.73 Å². The summed E-state index contributed by atoms with van der Waals surface area (Å²) in [4.78, 5) is 24.4. The highest BCUT2D eigenvalue weighted by atomic mass is 32.2. The van der Waals surface area contributed by atoms with Crippen molar-refractivity contribution in [3.63, 3.8) is 0 Å². The summed E-state index contributed by atoms with van der Waals surface area (Å²) in [5, 5.41) is 0. The molecule has 2 N–H and O–H groups in total. The number of amides is 2. The van der Waals surface area contributed by atoms with Gasteiger partial charge in [-0.15, -0.1) is 11.8 Å². The fourth-order valence-electron chi connectivity index (χ4n) is 2.40. The van der Waals surface area contributed by atoms with Crippen LogP contribution in [0.5, 0.6) is 0 Å². The minimum absolute atomic E-state index is 0.106. The number of thioether (sulfide) groups is 1. The molecule has 0 aliphatic heterocycles. The predicted molar refractivity (Wildman–Crippen MR) is 70.7 cm³/mol. The Bertz CT molecular complexity index is 284. The zero-order valence-electron chi connectivity index (χ0n) is 10.6. The number of nitrogens with zero attached hydrogens (tertiary/aromatic N) is 1. The average molecular weight is 258 g/mol. The van der Waals surface area contributed by atoms with Gasteiger partial charge >= 0.3 is 0 Å². The van der Waals surface area contributed by atoms with Crippen LogP contribution >= 0.6 is 11.8 Å². The molecule has 2 atom stereocenters. The van der Waals surface area contributed by atoms with Gasteiger partial charge in [0, 0.05) is 13.1 Å². The molecule has 0 saturated heterocycles. The quantitative estimate of drug-likeness (QED) is 0.807. The molecule has 2 amide bonds. The van der Waals surface area contributed by atoms with Crippen LogP contribution in [0.15, 0.2) is 0 Å². The van der Waals surface area contributed by atoms with Gasteiger partial charge < -0.3 is 10.6 Å². The van der Waals surface area contributed by atoms with Crippen LogP contribution in [0, 0.1) is 5.92 Å². The van der Waals surface area contributed by atoms with Crippen LogP contribution in [-0.4, -0.2) is 41.3 Å². The van der Waals surface area contributed by atoms with Crippen LogP contribution in [0.4, 0.5) is 0 Å². The summed E-state index contributed by atoms with van der Waals surface area (Å²) in [5.74, 6) is 0.896. The Labute approximate surface area is 107 Å². The van der Waals surface area contributed by atoms with Crippen molar-refractivity contribution in [2.24, 2.45) is 11.7 Å². The molecule has 1 saturated carbocycles. The molecule has 17 heavy (non-hydrogen) atoms. The molecule has 0 aromatic carbocycles. The Morgan fingerprint density at radius 1 is 1.29 bits per heavy atom. The lowest BCUT2D eigenvalue weighted by Crippen LogP contribution is -2.43. The molecule has 0 unspecified atom stereocenters. The molecule has 0 spiro atoms. The fourth-order valence-corrected chi connectivity index (χ4v) is 3.08. The Kier molecular flexibility index (Phi) is 5.82. The molecule has 0 aromatic heterocycles. The normalized spacial score (nSPS) is 24.4. The third-order valence-corrected chi connectivity index (χ3v) is 4.37. The maximum atomic E-state index is 11.9. The zero-order chi connectivity index (χ0) is 12.8. The molecule has 4 nitrogen and oxygen atoms in total. The standard InChI is InChI=1S/C12H22N2O2S/c1-9-5-3-4-6-10(9)14(2)12(16)8-17-7-11(13)15/h9-10H,3-8H2,1-2H3,(H2,13,15)/t9-,10+/m0/s1. The molecule has 5 heteroatoms. The highest BCUT2D eigenvalue weighted by molar-refractivity contribution is 8.00. The van der Waals surface area contributed by atoms with Gasteiger partial charge in [0.15, 0.2) is 0 Å². The number of hydrogen-bond acceptors (Lipinski definition) is 3. The van der Waals surface area contributed by atoms with Gasteiger partial charge in [-0.05, 0) is 18.8 Å². The van der Waals surface area contributed by atoms with Gasteiger partial charge in [-0.25, -0.2) is 0 Å². The molecule has 98 valence electrons. The van der Waals surface area contributed by atoms with Gasteiger partial charge in [0.05, 0.1) is 11.5 Å². The molecule has 1 rings (SSSR count). The second-order valence-electron chi connectivity index (χ2n) is 4.79. The first-order chi connectivity index (χ1) is 8.02. The van der Waals surface area contributed by atoms with E-state index in [2.05, 4.69) is 6.92 Å². The van der Waals surface area contributed by atoms with E-state index in [0.717, 1.165) is 6.42 Å².